The van der Waals surface area contributed by atoms with Crippen LogP contribution in [0.5, 0.6) is 0 Å². The third-order valence-electron chi connectivity index (χ3n) is 0. The predicted octanol–water partition coefficient (Wildman–Crippen LogP) is 1.82. The number of rotatable bonds is 0. The molecule has 56 valence electrons. The van der Waals surface area contributed by atoms with E-state index in [0.29, 0.717) is 0 Å². The van der Waals surface area contributed by atoms with Gasteiger partial charge in [-0.2, -0.15) is 0 Å². The fourth-order valence-corrected chi connectivity index (χ4v) is 0. The second-order valence-electron chi connectivity index (χ2n) is 0. The van der Waals surface area contributed by atoms with E-state index >= 15 is 0 Å². The van der Waals surface area contributed by atoms with Crippen molar-refractivity contribution in [3.63, 3.8) is 0 Å². The van der Waals surface area contributed by atoms with Gasteiger partial charge >= 0.3 is 51.4 Å². The molecule has 0 atom stereocenters. The fourth-order valence-electron chi connectivity index (χ4n) is 0. The van der Waals surface area contributed by atoms with Crippen LogP contribution in [-0.4, -0.2) is 51.4 Å². The smallest absolute Gasteiger partial charge is 0 e. The van der Waals surface area contributed by atoms with E-state index in [4.69, 9.17) is 0 Å². The minimum atomic E-state index is 0. The van der Waals surface area contributed by atoms with Gasteiger partial charge in [-0.15, -0.1) is 95.9 Å². The first-order valence-electron chi connectivity index (χ1n) is 0. The second kappa shape index (κ2) is 48.7. The maximum absolute atomic E-state index is 0. The van der Waals surface area contributed by atoms with E-state index in [9.17, 15) is 0 Å². The largest absolute Gasteiger partial charge is 0 e. The zero-order valence-electron chi connectivity index (χ0n) is 2.97. The Morgan fingerprint density at radius 2 is 0.500 bits per heavy atom. The first-order chi connectivity index (χ1) is 0. The van der Waals surface area contributed by atoms with Crippen LogP contribution in [0.1, 0.15) is 0 Å². The van der Waals surface area contributed by atoms with E-state index in [2.05, 4.69) is 0 Å². The summed E-state index contributed by atoms with van der Waals surface area (Å²) in [5.74, 6) is 0. The Morgan fingerprint density at radius 3 is 0.500 bits per heavy atom. The van der Waals surface area contributed by atoms with Gasteiger partial charge in [-0.3, -0.25) is 0 Å². The topological polar surface area (TPSA) is 0 Å². The van der Waals surface area contributed by atoms with Gasteiger partial charge in [0.2, 0.25) is 0 Å². The molecule has 0 fully saturated rings. The number of hydrogen-bond acceptors (Lipinski definition) is 0. The molecule has 8 heteroatoms. The van der Waals surface area contributed by atoms with Gasteiger partial charge in [-0.1, -0.05) is 0 Å². The molecular formula is H5HgI4KPt2. The SMILES string of the molecule is I.I.I.I.[Hg].[KH].[Pt].[Pt]. The molecule has 0 bridgehead atoms. The van der Waals surface area contributed by atoms with Crippen LogP contribution in [0.4, 0.5) is 0 Å². The van der Waals surface area contributed by atoms with Crippen molar-refractivity contribution in [3.8, 4) is 0 Å². The van der Waals surface area contributed by atoms with Crippen LogP contribution >= 0.6 is 95.9 Å². The molecule has 0 aromatic heterocycles. The predicted molar refractivity (Wildman–Crippen MR) is 68.8 cm³/mol. The third kappa shape index (κ3) is 38.4. The fraction of sp³-hybridized carbons (Fsp3) is 0. The van der Waals surface area contributed by atoms with Gasteiger partial charge in [0.1, 0.15) is 0 Å². The molecule has 0 aliphatic rings. The zero-order valence-corrected chi connectivity index (χ0v) is 22.3. The Balaban J connectivity index is 0. The van der Waals surface area contributed by atoms with Crippen LogP contribution in [-0.2, 0) is 69.8 Å². The van der Waals surface area contributed by atoms with Crippen LogP contribution in [0.15, 0.2) is 0 Å². The van der Waals surface area contributed by atoms with Crippen molar-refractivity contribution >= 4 is 147 Å². The second-order valence-corrected chi connectivity index (χ2v) is 0. The van der Waals surface area contributed by atoms with Crippen molar-refractivity contribution in [1.29, 1.82) is 0 Å². The Bertz CT molecular complexity index is 14.0. The summed E-state index contributed by atoms with van der Waals surface area (Å²) in [5.41, 5.74) is 0. The van der Waals surface area contributed by atoms with Crippen molar-refractivity contribution in [2.45, 2.75) is 0 Å². The summed E-state index contributed by atoms with van der Waals surface area (Å²) in [6.45, 7) is 0. The normalized spacial score (nSPS) is 0. The molecule has 0 unspecified atom stereocenters. The Labute approximate surface area is 210 Å². The zero-order chi connectivity index (χ0) is 0. The van der Waals surface area contributed by atoms with Gasteiger partial charge in [0.05, 0.1) is 0 Å². The summed E-state index contributed by atoms with van der Waals surface area (Å²) in [7, 11) is 0. The first-order valence-corrected chi connectivity index (χ1v) is 0. The summed E-state index contributed by atoms with van der Waals surface area (Å²) in [6.07, 6.45) is 0. The van der Waals surface area contributed by atoms with Crippen LogP contribution in [0, 0.1) is 0 Å². The van der Waals surface area contributed by atoms with E-state index in [1.54, 1.807) is 0 Å². The maximum atomic E-state index is 0. The number of halogens is 4. The summed E-state index contributed by atoms with van der Waals surface area (Å²) < 4.78 is 0. The van der Waals surface area contributed by atoms with E-state index in [1.165, 1.54) is 0 Å². The Morgan fingerprint density at radius 1 is 0.500 bits per heavy atom. The molecule has 0 saturated carbocycles. The van der Waals surface area contributed by atoms with Crippen LogP contribution < -0.4 is 0 Å². The molecule has 0 nitrogen and oxygen atoms in total. The molecule has 0 rings (SSSR count). The molecule has 0 amide bonds. The van der Waals surface area contributed by atoms with Crippen molar-refractivity contribution in [2.75, 3.05) is 0 Å². The summed E-state index contributed by atoms with van der Waals surface area (Å²) in [5, 5.41) is 0. The van der Waals surface area contributed by atoms with Gasteiger partial charge in [-0.05, 0) is 0 Å². The molecule has 0 saturated heterocycles. The quantitative estimate of drug-likeness (QED) is 0.257. The molecule has 0 heterocycles. The first kappa shape index (κ1) is 60.6. The average molecular weight is 1140 g/mol. The maximum Gasteiger partial charge on any atom is 0 e. The summed E-state index contributed by atoms with van der Waals surface area (Å²) in [4.78, 5) is 0. The molecule has 0 aromatic carbocycles. The molecule has 8 heavy (non-hydrogen) atoms. The third-order valence-corrected chi connectivity index (χ3v) is 0. The van der Waals surface area contributed by atoms with Crippen molar-refractivity contribution in [3.05, 3.63) is 0 Å². The van der Waals surface area contributed by atoms with Crippen molar-refractivity contribution in [1.82, 2.24) is 0 Å². The average Bonchev–Trinajstić information content (AvgIpc) is 0. The van der Waals surface area contributed by atoms with Crippen LogP contribution in [0.3, 0.4) is 0 Å². The molecule has 0 N–H and O–H groups in total. The molecular weight excluding hydrogens is 1140 g/mol. The molecule has 0 spiro atoms. The Hall–Kier alpha value is 6.87. The van der Waals surface area contributed by atoms with E-state index in [0.717, 1.165) is 0 Å². The molecule has 0 aromatic rings. The molecule has 0 aliphatic heterocycles. The monoisotopic (exact) mass is 1140 g/mol. The van der Waals surface area contributed by atoms with Crippen LogP contribution in [0.2, 0.25) is 0 Å². The Kier molecular flexibility index (Phi) is 369. The minimum absolute atomic E-state index is 0. The molecule has 0 radical (unpaired) electrons. The molecule has 0 aliphatic carbocycles. The van der Waals surface area contributed by atoms with Gasteiger partial charge in [0.25, 0.3) is 0 Å². The van der Waals surface area contributed by atoms with E-state index in [-0.39, 0.29) is 217 Å². The van der Waals surface area contributed by atoms with Crippen LogP contribution in [0.25, 0.3) is 0 Å². The van der Waals surface area contributed by atoms with E-state index < -0.39 is 0 Å². The standard InChI is InChI=1S/Hg.4HI.K.2Pt.H/h;4*1H;;;;. The van der Waals surface area contributed by atoms with Gasteiger partial charge in [0, 0.05) is 69.8 Å². The minimum Gasteiger partial charge on any atom is 0 e. The van der Waals surface area contributed by atoms with Crippen molar-refractivity contribution < 1.29 is 69.8 Å². The summed E-state index contributed by atoms with van der Waals surface area (Å²) >= 11 is 0. The van der Waals surface area contributed by atoms with Gasteiger partial charge in [0.15, 0.2) is 0 Å². The summed E-state index contributed by atoms with van der Waals surface area (Å²) in [6, 6.07) is 0. The van der Waals surface area contributed by atoms with Gasteiger partial charge < -0.3 is 0 Å². The number of hydrogen-bond donors (Lipinski definition) is 0. The van der Waals surface area contributed by atoms with Gasteiger partial charge in [-0.25, -0.2) is 0 Å². The van der Waals surface area contributed by atoms with E-state index in [1.807, 2.05) is 0 Å². The van der Waals surface area contributed by atoms with Crippen molar-refractivity contribution in [2.24, 2.45) is 0 Å².